The summed E-state index contributed by atoms with van der Waals surface area (Å²) in [7, 11) is -0.737. The first-order valence-corrected chi connectivity index (χ1v) is 9.28. The average Bonchev–Trinajstić information content (AvgIpc) is 3.14. The van der Waals surface area contributed by atoms with Gasteiger partial charge in [-0.05, 0) is 24.6 Å². The molecule has 0 spiro atoms. The first-order chi connectivity index (χ1) is 12.2. The summed E-state index contributed by atoms with van der Waals surface area (Å²) in [5.41, 5.74) is 0.773. The van der Waals surface area contributed by atoms with E-state index in [0.29, 0.717) is 11.1 Å². The second kappa shape index (κ2) is 8.15. The van der Waals surface area contributed by atoms with E-state index in [0.717, 1.165) is 4.31 Å². The summed E-state index contributed by atoms with van der Waals surface area (Å²) in [5.74, 6) is -0.865. The molecule has 0 saturated carbocycles. The Balaban J connectivity index is 2.03. The molecule has 26 heavy (non-hydrogen) atoms. The van der Waals surface area contributed by atoms with E-state index in [2.05, 4.69) is 10.6 Å². The summed E-state index contributed by atoms with van der Waals surface area (Å²) < 4.78 is 30.6. The number of nitrogens with zero attached hydrogens (tertiary/aromatic N) is 1. The van der Waals surface area contributed by atoms with Crippen molar-refractivity contribution in [3.63, 3.8) is 0 Å². The van der Waals surface area contributed by atoms with Crippen LogP contribution in [0.1, 0.15) is 22.8 Å². The Bertz CT molecular complexity index is 876. The second-order valence-electron chi connectivity index (χ2n) is 5.82. The van der Waals surface area contributed by atoms with E-state index in [4.69, 9.17) is 4.42 Å². The van der Waals surface area contributed by atoms with Crippen LogP contribution in [0.15, 0.2) is 52.2 Å². The third kappa shape index (κ3) is 4.50. The molecule has 140 valence electrons. The SMILES string of the molecule is C[C@@H](NC(=O)c1ccoc1)C(=O)NCc1ccccc1S(=O)(=O)N(C)C. The Morgan fingerprint density at radius 3 is 2.50 bits per heavy atom. The highest BCUT2D eigenvalue weighted by Gasteiger charge is 2.22. The summed E-state index contributed by atoms with van der Waals surface area (Å²) in [4.78, 5) is 24.3. The van der Waals surface area contributed by atoms with Crippen LogP contribution in [-0.2, 0) is 21.4 Å². The lowest BCUT2D eigenvalue weighted by atomic mass is 10.2. The van der Waals surface area contributed by atoms with Gasteiger partial charge in [0.15, 0.2) is 0 Å². The molecule has 1 aromatic carbocycles. The Labute approximate surface area is 152 Å². The number of hydrogen-bond acceptors (Lipinski definition) is 5. The predicted octanol–water partition coefficient (Wildman–Crippen LogP) is 0.965. The van der Waals surface area contributed by atoms with Gasteiger partial charge in [-0.3, -0.25) is 9.59 Å². The van der Waals surface area contributed by atoms with E-state index in [9.17, 15) is 18.0 Å². The van der Waals surface area contributed by atoms with Gasteiger partial charge in [0.1, 0.15) is 12.3 Å². The molecule has 2 aromatic rings. The number of sulfonamides is 1. The fraction of sp³-hybridized carbons (Fsp3) is 0.294. The molecule has 0 aliphatic carbocycles. The molecule has 1 atom stereocenters. The van der Waals surface area contributed by atoms with Crippen molar-refractivity contribution in [1.29, 1.82) is 0 Å². The molecule has 0 fully saturated rings. The van der Waals surface area contributed by atoms with Crippen LogP contribution in [0.4, 0.5) is 0 Å². The quantitative estimate of drug-likeness (QED) is 0.745. The summed E-state index contributed by atoms with van der Waals surface area (Å²) in [6.07, 6.45) is 2.64. The van der Waals surface area contributed by atoms with Gasteiger partial charge >= 0.3 is 0 Å². The molecule has 8 nitrogen and oxygen atoms in total. The lowest BCUT2D eigenvalue weighted by molar-refractivity contribution is -0.122. The molecule has 2 rings (SSSR count). The Morgan fingerprint density at radius 2 is 1.88 bits per heavy atom. The molecule has 2 N–H and O–H groups in total. The molecule has 0 saturated heterocycles. The van der Waals surface area contributed by atoms with Crippen molar-refractivity contribution >= 4 is 21.8 Å². The molecular formula is C17H21N3O5S. The molecule has 2 amide bonds. The van der Waals surface area contributed by atoms with Crippen molar-refractivity contribution in [1.82, 2.24) is 14.9 Å². The van der Waals surface area contributed by atoms with Crippen molar-refractivity contribution in [2.24, 2.45) is 0 Å². The average molecular weight is 379 g/mol. The fourth-order valence-corrected chi connectivity index (χ4v) is 3.29. The standard InChI is InChI=1S/C17H21N3O5S/c1-12(19-17(22)14-8-9-25-11-14)16(21)18-10-13-6-4-5-7-15(13)26(23,24)20(2)3/h4-9,11-12H,10H2,1-3H3,(H,18,21)(H,19,22)/t12-/m1/s1. The number of carbonyl (C=O) groups is 2. The first-order valence-electron chi connectivity index (χ1n) is 7.84. The third-order valence-electron chi connectivity index (χ3n) is 3.71. The maximum Gasteiger partial charge on any atom is 0.255 e. The lowest BCUT2D eigenvalue weighted by Gasteiger charge is -2.17. The number of rotatable bonds is 7. The van der Waals surface area contributed by atoms with Gasteiger partial charge < -0.3 is 15.1 Å². The maximum absolute atomic E-state index is 12.4. The summed E-state index contributed by atoms with van der Waals surface area (Å²) in [6, 6.07) is 7.12. The number of nitrogens with one attached hydrogen (secondary N) is 2. The van der Waals surface area contributed by atoms with Crippen LogP contribution >= 0.6 is 0 Å². The Morgan fingerprint density at radius 1 is 1.19 bits per heavy atom. The molecule has 0 unspecified atom stereocenters. The largest absolute Gasteiger partial charge is 0.472 e. The number of furan rings is 1. The van der Waals surface area contributed by atoms with Crippen LogP contribution in [0, 0.1) is 0 Å². The molecule has 9 heteroatoms. The van der Waals surface area contributed by atoms with Crippen LogP contribution in [0.2, 0.25) is 0 Å². The van der Waals surface area contributed by atoms with Gasteiger partial charge in [-0.1, -0.05) is 18.2 Å². The minimum atomic E-state index is -3.62. The molecule has 0 aliphatic heterocycles. The minimum absolute atomic E-state index is 0.0218. The first kappa shape index (κ1) is 19.7. The van der Waals surface area contributed by atoms with Gasteiger partial charge in [0.2, 0.25) is 15.9 Å². The van der Waals surface area contributed by atoms with Gasteiger partial charge in [-0.2, -0.15) is 0 Å². The molecular weight excluding hydrogens is 358 g/mol. The molecule has 1 aromatic heterocycles. The van der Waals surface area contributed by atoms with Gasteiger partial charge in [-0.15, -0.1) is 0 Å². The highest BCUT2D eigenvalue weighted by Crippen LogP contribution is 2.18. The van der Waals surface area contributed by atoms with Crippen LogP contribution in [0.25, 0.3) is 0 Å². The number of hydrogen-bond donors (Lipinski definition) is 2. The van der Waals surface area contributed by atoms with E-state index in [1.165, 1.54) is 45.7 Å². The Hall–Kier alpha value is -2.65. The van der Waals surface area contributed by atoms with Gasteiger partial charge in [0.25, 0.3) is 5.91 Å². The van der Waals surface area contributed by atoms with E-state index in [1.807, 2.05) is 0 Å². The van der Waals surface area contributed by atoms with Crippen molar-refractivity contribution < 1.29 is 22.4 Å². The topological polar surface area (TPSA) is 109 Å². The molecule has 0 bridgehead atoms. The van der Waals surface area contributed by atoms with Gasteiger partial charge in [0, 0.05) is 20.6 Å². The zero-order chi connectivity index (χ0) is 19.3. The van der Waals surface area contributed by atoms with Crippen LogP contribution in [0.5, 0.6) is 0 Å². The van der Waals surface area contributed by atoms with Crippen LogP contribution < -0.4 is 10.6 Å². The number of amides is 2. The summed E-state index contributed by atoms with van der Waals surface area (Å²) >= 11 is 0. The summed E-state index contributed by atoms with van der Waals surface area (Å²) in [6.45, 7) is 1.56. The lowest BCUT2D eigenvalue weighted by Crippen LogP contribution is -2.44. The zero-order valence-electron chi connectivity index (χ0n) is 14.7. The van der Waals surface area contributed by atoms with Crippen molar-refractivity contribution in [2.45, 2.75) is 24.4 Å². The molecule has 0 aliphatic rings. The molecule has 1 heterocycles. The second-order valence-corrected chi connectivity index (χ2v) is 7.94. The van der Waals surface area contributed by atoms with Gasteiger partial charge in [-0.25, -0.2) is 12.7 Å². The van der Waals surface area contributed by atoms with E-state index in [-0.39, 0.29) is 11.4 Å². The van der Waals surface area contributed by atoms with Crippen LogP contribution in [0.3, 0.4) is 0 Å². The zero-order valence-corrected chi connectivity index (χ0v) is 15.5. The van der Waals surface area contributed by atoms with Crippen LogP contribution in [-0.4, -0.2) is 44.7 Å². The monoisotopic (exact) mass is 379 g/mol. The highest BCUT2D eigenvalue weighted by molar-refractivity contribution is 7.89. The Kier molecular flexibility index (Phi) is 6.17. The smallest absolute Gasteiger partial charge is 0.255 e. The minimum Gasteiger partial charge on any atom is -0.472 e. The number of carbonyl (C=O) groups excluding carboxylic acids is 2. The predicted molar refractivity (Wildman–Crippen MR) is 94.8 cm³/mol. The third-order valence-corrected chi connectivity index (χ3v) is 5.62. The number of benzene rings is 1. The van der Waals surface area contributed by atoms with E-state index < -0.39 is 27.9 Å². The highest BCUT2D eigenvalue weighted by atomic mass is 32.2. The van der Waals surface area contributed by atoms with E-state index >= 15 is 0 Å². The maximum atomic E-state index is 12.4. The van der Waals surface area contributed by atoms with Crippen molar-refractivity contribution in [3.05, 3.63) is 54.0 Å². The normalized spacial score (nSPS) is 12.6. The fourth-order valence-electron chi connectivity index (χ4n) is 2.17. The van der Waals surface area contributed by atoms with Crippen molar-refractivity contribution in [3.8, 4) is 0 Å². The van der Waals surface area contributed by atoms with Crippen molar-refractivity contribution in [2.75, 3.05) is 14.1 Å². The van der Waals surface area contributed by atoms with Gasteiger partial charge in [0.05, 0.1) is 16.7 Å². The molecule has 0 radical (unpaired) electrons. The van der Waals surface area contributed by atoms with E-state index in [1.54, 1.807) is 18.2 Å². The summed E-state index contributed by atoms with van der Waals surface area (Å²) in [5, 5.41) is 5.18.